The predicted octanol–water partition coefficient (Wildman–Crippen LogP) is 4.87. The van der Waals surface area contributed by atoms with Gasteiger partial charge in [-0.2, -0.15) is 0 Å². The number of benzene rings is 1. The van der Waals surface area contributed by atoms with Crippen LogP contribution in [0, 0.1) is 6.92 Å². The van der Waals surface area contributed by atoms with Gasteiger partial charge in [-0.05, 0) is 63.1 Å². The number of anilines is 1. The van der Waals surface area contributed by atoms with E-state index in [1.54, 1.807) is 12.3 Å². The molecule has 1 amide bonds. The molecule has 3 aromatic rings. The highest BCUT2D eigenvalue weighted by Crippen LogP contribution is 2.22. The fourth-order valence-electron chi connectivity index (χ4n) is 3.60. The van der Waals surface area contributed by atoms with Crippen LogP contribution in [-0.2, 0) is 4.79 Å². The summed E-state index contributed by atoms with van der Waals surface area (Å²) in [5, 5.41) is 2.96. The van der Waals surface area contributed by atoms with Crippen LogP contribution < -0.4 is 5.32 Å². The third-order valence-corrected chi connectivity index (χ3v) is 5.30. The Kier molecular flexibility index (Phi) is 5.93. The Morgan fingerprint density at radius 1 is 1.23 bits per heavy atom. The number of allylic oxidation sites excluding steroid dienone is 2. The van der Waals surface area contributed by atoms with E-state index >= 15 is 0 Å². The minimum Gasteiger partial charge on any atom is -0.372 e. The molecule has 0 saturated carbocycles. The third kappa shape index (κ3) is 4.71. The second-order valence-electron chi connectivity index (χ2n) is 7.52. The van der Waals surface area contributed by atoms with Gasteiger partial charge in [0.1, 0.15) is 11.5 Å². The Hall–Kier alpha value is -3.74. The Bertz CT molecular complexity index is 1190. The van der Waals surface area contributed by atoms with Crippen molar-refractivity contribution in [2.45, 2.75) is 26.7 Å². The molecular formula is C24H30N6O. The number of H-pyrrole nitrogens is 1. The van der Waals surface area contributed by atoms with Gasteiger partial charge in [0, 0.05) is 39.1 Å². The Balaban J connectivity index is 0.00000193. The SMILES string of the molecule is C=C(/C=C\C(=C/C)C(=O)Nc1ccc2nc(-c3ccnc(C)n3)[nH]c2c1)N1CCCC1.[HH].[HH]. The van der Waals surface area contributed by atoms with Gasteiger partial charge in [0.2, 0.25) is 0 Å². The highest BCUT2D eigenvalue weighted by molar-refractivity contribution is 6.06. The quantitative estimate of drug-likeness (QED) is 0.440. The molecule has 4 rings (SSSR count). The van der Waals surface area contributed by atoms with Gasteiger partial charge in [-0.1, -0.05) is 12.7 Å². The molecule has 0 aliphatic carbocycles. The first-order chi connectivity index (χ1) is 15.0. The lowest BCUT2D eigenvalue weighted by Crippen LogP contribution is -2.17. The number of aromatic nitrogens is 4. The first-order valence-electron chi connectivity index (χ1n) is 10.4. The van der Waals surface area contributed by atoms with Gasteiger partial charge < -0.3 is 15.2 Å². The Morgan fingerprint density at radius 2 is 2.03 bits per heavy atom. The highest BCUT2D eigenvalue weighted by Gasteiger charge is 2.13. The number of hydrogen-bond donors (Lipinski definition) is 2. The molecule has 0 unspecified atom stereocenters. The molecule has 2 N–H and O–H groups in total. The summed E-state index contributed by atoms with van der Waals surface area (Å²) in [6.45, 7) is 9.87. The van der Waals surface area contributed by atoms with E-state index in [0.717, 1.165) is 35.5 Å². The van der Waals surface area contributed by atoms with Crippen LogP contribution in [0.3, 0.4) is 0 Å². The van der Waals surface area contributed by atoms with Gasteiger partial charge in [-0.15, -0.1) is 0 Å². The summed E-state index contributed by atoms with van der Waals surface area (Å²) in [4.78, 5) is 31.4. The molecule has 2 aromatic heterocycles. The van der Waals surface area contributed by atoms with Crippen LogP contribution in [0.2, 0.25) is 0 Å². The summed E-state index contributed by atoms with van der Waals surface area (Å²) >= 11 is 0. The maximum Gasteiger partial charge on any atom is 0.255 e. The molecule has 7 nitrogen and oxygen atoms in total. The number of carbonyl (C=O) groups is 1. The maximum absolute atomic E-state index is 12.8. The summed E-state index contributed by atoms with van der Waals surface area (Å²) in [7, 11) is 0. The molecule has 1 aromatic carbocycles. The van der Waals surface area contributed by atoms with Crippen LogP contribution in [0.1, 0.15) is 28.4 Å². The summed E-state index contributed by atoms with van der Waals surface area (Å²) in [5.41, 5.74) is 4.58. The second-order valence-corrected chi connectivity index (χ2v) is 7.52. The number of carbonyl (C=O) groups excluding carboxylic acids is 1. The molecule has 0 radical (unpaired) electrons. The second kappa shape index (κ2) is 8.95. The van der Waals surface area contributed by atoms with Crippen LogP contribution in [0.5, 0.6) is 0 Å². The average molecular weight is 419 g/mol. The maximum atomic E-state index is 12.8. The van der Waals surface area contributed by atoms with Gasteiger partial charge in [0.15, 0.2) is 5.82 Å². The molecule has 1 aliphatic heterocycles. The number of hydrogen-bond acceptors (Lipinski definition) is 5. The topological polar surface area (TPSA) is 86.8 Å². The van der Waals surface area contributed by atoms with E-state index in [9.17, 15) is 4.79 Å². The highest BCUT2D eigenvalue weighted by atomic mass is 16.1. The van der Waals surface area contributed by atoms with Crippen molar-refractivity contribution in [2.24, 2.45) is 0 Å². The van der Waals surface area contributed by atoms with Crippen molar-refractivity contribution in [2.75, 3.05) is 18.4 Å². The average Bonchev–Trinajstić information content (AvgIpc) is 3.44. The van der Waals surface area contributed by atoms with E-state index in [1.165, 1.54) is 12.8 Å². The first-order valence-corrected chi connectivity index (χ1v) is 10.4. The zero-order valence-corrected chi connectivity index (χ0v) is 17.9. The van der Waals surface area contributed by atoms with E-state index in [4.69, 9.17) is 0 Å². The van der Waals surface area contributed by atoms with Gasteiger partial charge in [-0.25, -0.2) is 15.0 Å². The molecule has 162 valence electrons. The number of amides is 1. The number of rotatable bonds is 6. The van der Waals surface area contributed by atoms with E-state index < -0.39 is 0 Å². The number of aromatic amines is 1. The van der Waals surface area contributed by atoms with Gasteiger partial charge in [0.25, 0.3) is 5.91 Å². The van der Waals surface area contributed by atoms with Crippen LogP contribution >= 0.6 is 0 Å². The smallest absolute Gasteiger partial charge is 0.255 e. The third-order valence-electron chi connectivity index (χ3n) is 5.30. The molecule has 3 heterocycles. The molecule has 1 fully saturated rings. The minimum absolute atomic E-state index is 0. The number of nitrogens with zero attached hydrogens (tertiary/aromatic N) is 4. The predicted molar refractivity (Wildman–Crippen MR) is 128 cm³/mol. The van der Waals surface area contributed by atoms with Crippen molar-refractivity contribution in [3.63, 3.8) is 0 Å². The first kappa shape index (κ1) is 20.5. The molecule has 31 heavy (non-hydrogen) atoms. The van der Waals surface area contributed by atoms with E-state index in [1.807, 2.05) is 50.3 Å². The monoisotopic (exact) mass is 418 g/mol. The molecule has 1 aliphatic rings. The molecular weight excluding hydrogens is 388 g/mol. The van der Waals surface area contributed by atoms with Crippen molar-refractivity contribution in [3.8, 4) is 11.5 Å². The molecule has 1 saturated heterocycles. The van der Waals surface area contributed by atoms with E-state index in [2.05, 4.69) is 36.7 Å². The van der Waals surface area contributed by atoms with Crippen LogP contribution in [0.25, 0.3) is 22.6 Å². The zero-order chi connectivity index (χ0) is 21.8. The molecule has 7 heteroatoms. The van der Waals surface area contributed by atoms with Crippen molar-refractivity contribution < 1.29 is 7.65 Å². The van der Waals surface area contributed by atoms with Crippen molar-refractivity contribution in [3.05, 3.63) is 72.4 Å². The number of imidazole rings is 1. The van der Waals surface area contributed by atoms with Crippen molar-refractivity contribution in [1.82, 2.24) is 24.8 Å². The summed E-state index contributed by atoms with van der Waals surface area (Å²) in [6.07, 6.45) is 9.62. The summed E-state index contributed by atoms with van der Waals surface area (Å²) in [5.74, 6) is 1.19. The largest absolute Gasteiger partial charge is 0.372 e. The Labute approximate surface area is 184 Å². The zero-order valence-electron chi connectivity index (χ0n) is 17.9. The lowest BCUT2D eigenvalue weighted by molar-refractivity contribution is -0.112. The molecule has 0 atom stereocenters. The summed E-state index contributed by atoms with van der Waals surface area (Å²) < 4.78 is 0. The van der Waals surface area contributed by atoms with Gasteiger partial charge in [-0.3, -0.25) is 4.79 Å². The van der Waals surface area contributed by atoms with Crippen LogP contribution in [0.4, 0.5) is 5.69 Å². The summed E-state index contributed by atoms with van der Waals surface area (Å²) in [6, 6.07) is 7.40. The minimum atomic E-state index is -0.168. The standard InChI is InChI=1S/C24H26N6O.2H2/c1-4-18(8-7-16(2)30-13-5-6-14-30)24(31)27-19-9-10-20-22(15-19)29-23(28-20)21-11-12-25-17(3)26-21;;/h4,7-12,15H,2,5-6,13-14H2,1,3H3,(H,27,31)(H,28,29);2*1H/b8-7-,18-4+;;. The van der Waals surface area contributed by atoms with Crippen LogP contribution in [0.15, 0.2) is 66.5 Å². The fraction of sp³-hybridized carbons (Fsp3) is 0.250. The number of fused-ring (bicyclic) bond motifs is 1. The van der Waals surface area contributed by atoms with E-state index in [0.29, 0.717) is 22.9 Å². The normalized spacial score (nSPS) is 14.5. The lowest BCUT2D eigenvalue weighted by atomic mass is 10.2. The number of nitrogens with one attached hydrogen (secondary N) is 2. The number of likely N-dealkylation sites (tertiary alicyclic amines) is 1. The van der Waals surface area contributed by atoms with Crippen molar-refractivity contribution >= 4 is 22.6 Å². The van der Waals surface area contributed by atoms with Crippen LogP contribution in [-0.4, -0.2) is 43.8 Å². The number of aryl methyl sites for hydroxylation is 1. The fourth-order valence-corrected chi connectivity index (χ4v) is 3.60. The Morgan fingerprint density at radius 3 is 2.77 bits per heavy atom. The van der Waals surface area contributed by atoms with E-state index in [-0.39, 0.29) is 8.76 Å². The van der Waals surface area contributed by atoms with Crippen molar-refractivity contribution in [1.29, 1.82) is 0 Å². The molecule has 0 spiro atoms. The lowest BCUT2D eigenvalue weighted by Gasteiger charge is -2.17. The van der Waals surface area contributed by atoms with Gasteiger partial charge in [0.05, 0.1) is 11.0 Å². The van der Waals surface area contributed by atoms with Gasteiger partial charge >= 0.3 is 0 Å². The molecule has 0 bridgehead atoms.